The van der Waals surface area contributed by atoms with Gasteiger partial charge in [-0.3, -0.25) is 0 Å². The number of nitrogens with zero attached hydrogens (tertiary/aromatic N) is 1. The maximum atomic E-state index is 11.9. The Labute approximate surface area is 127 Å². The van der Waals surface area contributed by atoms with Crippen molar-refractivity contribution >= 4 is 6.03 Å². The van der Waals surface area contributed by atoms with Crippen LogP contribution in [0.1, 0.15) is 37.8 Å². The predicted molar refractivity (Wildman–Crippen MR) is 86.3 cm³/mol. The maximum absolute atomic E-state index is 11.9. The van der Waals surface area contributed by atoms with E-state index in [1.165, 1.54) is 5.56 Å². The second-order valence-electron chi connectivity index (χ2n) is 6.22. The largest absolute Gasteiger partial charge is 0.335 e. The van der Waals surface area contributed by atoms with Crippen molar-refractivity contribution in [1.82, 2.24) is 15.5 Å². The standard InChI is InChI=1S/C17H27N3O/c1-13(2)20-10-8-16(9-11-20)19-17(21)18-12-15-6-4-14(3)5-7-15/h4-7,13,16H,8-12H2,1-3H3,(H2,18,19,21). The zero-order valence-electron chi connectivity index (χ0n) is 13.4. The van der Waals surface area contributed by atoms with Crippen LogP contribution in [0.25, 0.3) is 0 Å². The van der Waals surface area contributed by atoms with E-state index in [0.717, 1.165) is 31.5 Å². The highest BCUT2D eigenvalue weighted by molar-refractivity contribution is 5.74. The molecule has 0 radical (unpaired) electrons. The van der Waals surface area contributed by atoms with Crippen LogP contribution in [-0.2, 0) is 6.54 Å². The highest BCUT2D eigenvalue weighted by atomic mass is 16.2. The number of aryl methyl sites for hydroxylation is 1. The zero-order valence-corrected chi connectivity index (χ0v) is 13.4. The van der Waals surface area contributed by atoms with Gasteiger partial charge in [-0.15, -0.1) is 0 Å². The summed E-state index contributed by atoms with van der Waals surface area (Å²) >= 11 is 0. The summed E-state index contributed by atoms with van der Waals surface area (Å²) in [7, 11) is 0. The fraction of sp³-hybridized carbons (Fsp3) is 0.588. The van der Waals surface area contributed by atoms with Crippen molar-refractivity contribution in [2.24, 2.45) is 0 Å². The number of carbonyl (C=O) groups is 1. The summed E-state index contributed by atoms with van der Waals surface area (Å²) in [5, 5.41) is 6.02. The summed E-state index contributed by atoms with van der Waals surface area (Å²) in [6.45, 7) is 9.23. The average molecular weight is 289 g/mol. The molecular weight excluding hydrogens is 262 g/mol. The minimum atomic E-state index is -0.0569. The lowest BCUT2D eigenvalue weighted by Gasteiger charge is -2.34. The molecular formula is C17H27N3O. The minimum Gasteiger partial charge on any atom is -0.335 e. The molecule has 116 valence electrons. The minimum absolute atomic E-state index is 0.0569. The molecule has 0 aliphatic carbocycles. The van der Waals surface area contributed by atoms with E-state index in [0.29, 0.717) is 18.6 Å². The molecule has 0 saturated carbocycles. The molecule has 1 aromatic rings. The van der Waals surface area contributed by atoms with Gasteiger partial charge in [0.05, 0.1) is 0 Å². The summed E-state index contributed by atoms with van der Waals surface area (Å²) in [6, 6.07) is 9.08. The van der Waals surface area contributed by atoms with Crippen LogP contribution in [0.5, 0.6) is 0 Å². The molecule has 1 aliphatic rings. The maximum Gasteiger partial charge on any atom is 0.315 e. The van der Waals surface area contributed by atoms with E-state index in [4.69, 9.17) is 0 Å². The summed E-state index contributed by atoms with van der Waals surface area (Å²) in [6.07, 6.45) is 2.08. The number of amides is 2. The highest BCUT2D eigenvalue weighted by Gasteiger charge is 2.21. The van der Waals surface area contributed by atoms with Gasteiger partial charge < -0.3 is 15.5 Å². The van der Waals surface area contributed by atoms with Gasteiger partial charge in [-0.25, -0.2) is 4.79 Å². The number of hydrogen-bond donors (Lipinski definition) is 2. The Morgan fingerprint density at radius 1 is 1.24 bits per heavy atom. The summed E-state index contributed by atoms with van der Waals surface area (Å²) in [5.74, 6) is 0. The second kappa shape index (κ2) is 7.46. The molecule has 4 heteroatoms. The number of carbonyl (C=O) groups excluding carboxylic acids is 1. The highest BCUT2D eigenvalue weighted by Crippen LogP contribution is 2.12. The third-order valence-electron chi connectivity index (χ3n) is 4.17. The van der Waals surface area contributed by atoms with Crippen LogP contribution in [0.4, 0.5) is 4.79 Å². The van der Waals surface area contributed by atoms with Gasteiger partial charge in [-0.2, -0.15) is 0 Å². The normalized spacial score (nSPS) is 17.0. The van der Waals surface area contributed by atoms with E-state index in [2.05, 4.69) is 60.6 Å². The Bertz CT molecular complexity index is 448. The fourth-order valence-electron chi connectivity index (χ4n) is 2.68. The molecule has 21 heavy (non-hydrogen) atoms. The van der Waals surface area contributed by atoms with E-state index >= 15 is 0 Å². The van der Waals surface area contributed by atoms with Crippen molar-refractivity contribution in [3.8, 4) is 0 Å². The lowest BCUT2D eigenvalue weighted by atomic mass is 10.0. The van der Waals surface area contributed by atoms with Crippen molar-refractivity contribution in [2.75, 3.05) is 13.1 Å². The third-order valence-corrected chi connectivity index (χ3v) is 4.17. The summed E-state index contributed by atoms with van der Waals surface area (Å²) in [5.41, 5.74) is 2.37. The van der Waals surface area contributed by atoms with E-state index in [9.17, 15) is 4.79 Å². The Kier molecular flexibility index (Phi) is 5.62. The quantitative estimate of drug-likeness (QED) is 0.895. The molecule has 2 N–H and O–H groups in total. The van der Waals surface area contributed by atoms with Crippen molar-refractivity contribution < 1.29 is 4.79 Å². The molecule has 4 nitrogen and oxygen atoms in total. The molecule has 0 atom stereocenters. The fourth-order valence-corrected chi connectivity index (χ4v) is 2.68. The number of hydrogen-bond acceptors (Lipinski definition) is 2. The molecule has 1 fully saturated rings. The van der Waals surface area contributed by atoms with Gasteiger partial charge in [-0.05, 0) is 39.2 Å². The third kappa shape index (κ3) is 5.05. The van der Waals surface area contributed by atoms with Gasteiger partial charge in [0.2, 0.25) is 0 Å². The lowest BCUT2D eigenvalue weighted by Crippen LogP contribution is -2.49. The van der Waals surface area contributed by atoms with Crippen LogP contribution in [0.3, 0.4) is 0 Å². The average Bonchev–Trinajstić information content (AvgIpc) is 2.47. The first-order valence-corrected chi connectivity index (χ1v) is 7.88. The molecule has 0 bridgehead atoms. The topological polar surface area (TPSA) is 44.4 Å². The van der Waals surface area contributed by atoms with Gasteiger partial charge in [-0.1, -0.05) is 29.8 Å². The molecule has 1 saturated heterocycles. The van der Waals surface area contributed by atoms with Gasteiger partial charge in [0, 0.05) is 31.7 Å². The van der Waals surface area contributed by atoms with E-state index in [1.54, 1.807) is 0 Å². The van der Waals surface area contributed by atoms with E-state index in [1.807, 2.05) is 0 Å². The van der Waals surface area contributed by atoms with Crippen molar-refractivity contribution in [1.29, 1.82) is 0 Å². The Morgan fingerprint density at radius 3 is 2.43 bits per heavy atom. The first-order chi connectivity index (χ1) is 10.0. The molecule has 1 aromatic carbocycles. The Balaban J connectivity index is 1.69. The van der Waals surface area contributed by atoms with E-state index < -0.39 is 0 Å². The zero-order chi connectivity index (χ0) is 15.2. The number of benzene rings is 1. The number of rotatable bonds is 4. The van der Waals surface area contributed by atoms with Crippen LogP contribution in [0.15, 0.2) is 24.3 Å². The Hall–Kier alpha value is -1.55. The summed E-state index contributed by atoms with van der Waals surface area (Å²) < 4.78 is 0. The van der Waals surface area contributed by atoms with Gasteiger partial charge in [0.25, 0.3) is 0 Å². The molecule has 2 amide bonds. The van der Waals surface area contributed by atoms with Gasteiger partial charge in [0.1, 0.15) is 0 Å². The van der Waals surface area contributed by atoms with Gasteiger partial charge in [0.15, 0.2) is 0 Å². The number of urea groups is 1. The summed E-state index contributed by atoms with van der Waals surface area (Å²) in [4.78, 5) is 14.4. The first kappa shape index (κ1) is 15.8. The number of piperidine rings is 1. The van der Waals surface area contributed by atoms with E-state index in [-0.39, 0.29) is 6.03 Å². The molecule has 1 heterocycles. The van der Waals surface area contributed by atoms with Crippen molar-refractivity contribution in [2.45, 2.75) is 52.2 Å². The molecule has 0 unspecified atom stereocenters. The SMILES string of the molecule is Cc1ccc(CNC(=O)NC2CCN(C(C)C)CC2)cc1. The first-order valence-electron chi connectivity index (χ1n) is 7.88. The molecule has 2 rings (SSSR count). The van der Waals surface area contributed by atoms with Crippen LogP contribution in [0, 0.1) is 6.92 Å². The predicted octanol–water partition coefficient (Wildman–Crippen LogP) is 2.67. The number of likely N-dealkylation sites (tertiary alicyclic amines) is 1. The van der Waals surface area contributed by atoms with Crippen LogP contribution < -0.4 is 10.6 Å². The smallest absolute Gasteiger partial charge is 0.315 e. The van der Waals surface area contributed by atoms with Crippen molar-refractivity contribution in [3.05, 3.63) is 35.4 Å². The molecule has 1 aliphatic heterocycles. The van der Waals surface area contributed by atoms with Gasteiger partial charge >= 0.3 is 6.03 Å². The monoisotopic (exact) mass is 289 g/mol. The second-order valence-corrected chi connectivity index (χ2v) is 6.22. The van der Waals surface area contributed by atoms with Crippen LogP contribution in [0.2, 0.25) is 0 Å². The molecule has 0 aromatic heterocycles. The van der Waals surface area contributed by atoms with Crippen molar-refractivity contribution in [3.63, 3.8) is 0 Å². The van der Waals surface area contributed by atoms with Crippen LogP contribution in [-0.4, -0.2) is 36.1 Å². The lowest BCUT2D eigenvalue weighted by molar-refractivity contribution is 0.161. The molecule has 0 spiro atoms. The van der Waals surface area contributed by atoms with Crippen LogP contribution >= 0.6 is 0 Å². The number of nitrogens with one attached hydrogen (secondary N) is 2. The Morgan fingerprint density at radius 2 is 1.86 bits per heavy atom.